The van der Waals surface area contributed by atoms with Crippen LogP contribution in [0.5, 0.6) is 11.8 Å². The van der Waals surface area contributed by atoms with E-state index >= 15 is 0 Å². The molecular formula is C22H30N4O6. The molecule has 4 rings (SSSR count). The second kappa shape index (κ2) is 10.7. The van der Waals surface area contributed by atoms with Gasteiger partial charge in [-0.15, -0.1) is 0 Å². The van der Waals surface area contributed by atoms with E-state index in [1.54, 1.807) is 12.1 Å². The predicted molar refractivity (Wildman–Crippen MR) is 113 cm³/mol. The molecule has 0 aromatic carbocycles. The number of likely N-dealkylation sites (tertiary alicyclic amines) is 1. The van der Waals surface area contributed by atoms with Crippen molar-refractivity contribution < 1.29 is 28.3 Å². The molecule has 2 aromatic heterocycles. The van der Waals surface area contributed by atoms with E-state index in [-0.39, 0.29) is 17.9 Å². The van der Waals surface area contributed by atoms with Crippen molar-refractivity contribution in [3.63, 3.8) is 0 Å². The lowest BCUT2D eigenvalue weighted by Gasteiger charge is -2.32. The second-order valence-corrected chi connectivity index (χ2v) is 7.96. The molecule has 2 aliphatic heterocycles. The van der Waals surface area contributed by atoms with Crippen LogP contribution >= 0.6 is 0 Å². The van der Waals surface area contributed by atoms with Gasteiger partial charge in [0.05, 0.1) is 26.9 Å². The zero-order valence-electron chi connectivity index (χ0n) is 18.6. The second-order valence-electron chi connectivity index (χ2n) is 7.96. The number of carbonyl (C=O) groups is 1. The molecule has 0 radical (unpaired) electrons. The summed E-state index contributed by atoms with van der Waals surface area (Å²) < 4.78 is 27.2. The Hall–Kier alpha value is -2.72. The van der Waals surface area contributed by atoms with E-state index in [9.17, 15) is 4.79 Å². The Bertz CT molecular complexity index is 890. The van der Waals surface area contributed by atoms with Gasteiger partial charge < -0.3 is 28.4 Å². The molecule has 0 spiro atoms. The van der Waals surface area contributed by atoms with Crippen molar-refractivity contribution >= 4 is 5.91 Å². The average Bonchev–Trinajstić information content (AvgIpc) is 3.33. The maximum Gasteiger partial charge on any atom is 0.259 e. The molecule has 4 heterocycles. The van der Waals surface area contributed by atoms with Crippen LogP contribution in [0.1, 0.15) is 53.7 Å². The Morgan fingerprint density at radius 1 is 1.09 bits per heavy atom. The van der Waals surface area contributed by atoms with Crippen LogP contribution < -0.4 is 9.47 Å². The lowest BCUT2D eigenvalue weighted by atomic mass is 10.0. The average molecular weight is 447 g/mol. The number of amides is 1. The van der Waals surface area contributed by atoms with E-state index in [1.165, 1.54) is 14.2 Å². The third kappa shape index (κ3) is 5.36. The van der Waals surface area contributed by atoms with Gasteiger partial charge in [0.25, 0.3) is 5.91 Å². The minimum atomic E-state index is -0.0945. The Kier molecular flexibility index (Phi) is 7.54. The third-order valence-electron chi connectivity index (χ3n) is 5.93. The lowest BCUT2D eigenvalue weighted by molar-refractivity contribution is 0.00938. The standard InChI is InChI=1S/C22H30N4O6/c1-28-19-4-3-17(21(24-19)29-2)22(27)26-10-5-16(6-11-26)31-14-9-18-23-20(32-25-18)15-7-12-30-13-8-15/h3-4,15-16H,5-14H2,1-2H3. The normalized spacial score (nSPS) is 18.0. The topological polar surface area (TPSA) is 109 Å². The van der Waals surface area contributed by atoms with Crippen LogP contribution in [-0.4, -0.2) is 79.2 Å². The first-order valence-electron chi connectivity index (χ1n) is 11.1. The van der Waals surface area contributed by atoms with E-state index in [2.05, 4.69) is 15.1 Å². The summed E-state index contributed by atoms with van der Waals surface area (Å²) >= 11 is 0. The molecule has 0 unspecified atom stereocenters. The molecule has 2 aromatic rings. The van der Waals surface area contributed by atoms with E-state index in [1.807, 2.05) is 4.90 Å². The SMILES string of the molecule is COc1ccc(C(=O)N2CCC(OCCc3noc(C4CCOCC4)n3)CC2)c(OC)n1. The molecule has 174 valence electrons. The zero-order chi connectivity index (χ0) is 22.3. The van der Waals surface area contributed by atoms with Crippen LogP contribution in [0.4, 0.5) is 0 Å². The van der Waals surface area contributed by atoms with Crippen molar-refractivity contribution in [1.82, 2.24) is 20.0 Å². The minimum Gasteiger partial charge on any atom is -0.481 e. The van der Waals surface area contributed by atoms with Crippen LogP contribution in [0.25, 0.3) is 0 Å². The zero-order valence-corrected chi connectivity index (χ0v) is 18.6. The fraction of sp³-hybridized carbons (Fsp3) is 0.636. The van der Waals surface area contributed by atoms with Gasteiger partial charge in [0.1, 0.15) is 5.56 Å². The number of hydrogen-bond donors (Lipinski definition) is 0. The smallest absolute Gasteiger partial charge is 0.259 e. The quantitative estimate of drug-likeness (QED) is 0.603. The van der Waals surface area contributed by atoms with E-state index in [0.717, 1.165) is 38.9 Å². The first-order valence-corrected chi connectivity index (χ1v) is 11.1. The maximum absolute atomic E-state index is 12.9. The van der Waals surface area contributed by atoms with Crippen molar-refractivity contribution in [2.75, 3.05) is 47.1 Å². The van der Waals surface area contributed by atoms with Crippen molar-refractivity contribution in [1.29, 1.82) is 0 Å². The molecule has 0 saturated carbocycles. The number of ether oxygens (including phenoxy) is 4. The fourth-order valence-corrected chi connectivity index (χ4v) is 4.05. The number of piperidine rings is 1. The number of pyridine rings is 1. The molecule has 0 atom stereocenters. The molecule has 32 heavy (non-hydrogen) atoms. The Labute approximate surface area is 187 Å². The molecular weight excluding hydrogens is 416 g/mol. The van der Waals surface area contributed by atoms with Gasteiger partial charge in [-0.25, -0.2) is 0 Å². The molecule has 2 fully saturated rings. The summed E-state index contributed by atoms with van der Waals surface area (Å²) in [4.78, 5) is 23.4. The lowest BCUT2D eigenvalue weighted by Crippen LogP contribution is -2.41. The van der Waals surface area contributed by atoms with Crippen LogP contribution in [0, 0.1) is 0 Å². The van der Waals surface area contributed by atoms with E-state index in [0.29, 0.717) is 55.2 Å². The first kappa shape index (κ1) is 22.5. The Morgan fingerprint density at radius 3 is 2.59 bits per heavy atom. The summed E-state index contributed by atoms with van der Waals surface area (Å²) in [6, 6.07) is 3.35. The highest BCUT2D eigenvalue weighted by molar-refractivity contribution is 5.96. The molecule has 10 nitrogen and oxygen atoms in total. The summed E-state index contributed by atoms with van der Waals surface area (Å²) in [6.45, 7) is 3.26. The van der Waals surface area contributed by atoms with Gasteiger partial charge in [0, 0.05) is 44.7 Å². The maximum atomic E-state index is 12.9. The van der Waals surface area contributed by atoms with Gasteiger partial charge in [-0.2, -0.15) is 9.97 Å². The van der Waals surface area contributed by atoms with Crippen molar-refractivity contribution in [3.8, 4) is 11.8 Å². The highest BCUT2D eigenvalue weighted by atomic mass is 16.5. The molecule has 1 amide bonds. The Balaban J connectivity index is 1.21. The molecule has 0 aliphatic carbocycles. The number of methoxy groups -OCH3 is 2. The van der Waals surface area contributed by atoms with Crippen LogP contribution in [0.15, 0.2) is 16.7 Å². The summed E-state index contributed by atoms with van der Waals surface area (Å²) in [6.07, 6.45) is 4.12. The van der Waals surface area contributed by atoms with Crippen LogP contribution in [-0.2, 0) is 15.9 Å². The Morgan fingerprint density at radius 2 is 1.88 bits per heavy atom. The van der Waals surface area contributed by atoms with Gasteiger partial charge in [-0.1, -0.05) is 5.16 Å². The van der Waals surface area contributed by atoms with Crippen LogP contribution in [0.2, 0.25) is 0 Å². The van der Waals surface area contributed by atoms with Gasteiger partial charge in [0.15, 0.2) is 5.82 Å². The third-order valence-corrected chi connectivity index (χ3v) is 5.93. The number of aromatic nitrogens is 3. The summed E-state index contributed by atoms with van der Waals surface area (Å²) in [7, 11) is 3.02. The monoisotopic (exact) mass is 446 g/mol. The highest BCUT2D eigenvalue weighted by Gasteiger charge is 2.27. The minimum absolute atomic E-state index is 0.0945. The molecule has 10 heteroatoms. The number of hydrogen-bond acceptors (Lipinski definition) is 9. The van der Waals surface area contributed by atoms with Crippen molar-refractivity contribution in [2.45, 2.75) is 44.1 Å². The van der Waals surface area contributed by atoms with Gasteiger partial charge >= 0.3 is 0 Å². The summed E-state index contributed by atoms with van der Waals surface area (Å²) in [5, 5.41) is 4.08. The number of carbonyl (C=O) groups excluding carboxylic acids is 1. The number of nitrogens with zero attached hydrogens (tertiary/aromatic N) is 4. The van der Waals surface area contributed by atoms with Crippen molar-refractivity contribution in [2.24, 2.45) is 0 Å². The van der Waals surface area contributed by atoms with Crippen molar-refractivity contribution in [3.05, 3.63) is 29.4 Å². The largest absolute Gasteiger partial charge is 0.481 e. The first-order chi connectivity index (χ1) is 15.7. The van der Waals surface area contributed by atoms with Gasteiger partial charge in [-0.3, -0.25) is 4.79 Å². The molecule has 2 aliphatic rings. The fourth-order valence-electron chi connectivity index (χ4n) is 4.05. The molecule has 0 bridgehead atoms. The van der Waals surface area contributed by atoms with E-state index in [4.69, 9.17) is 23.5 Å². The number of rotatable bonds is 8. The summed E-state index contributed by atoms with van der Waals surface area (Å²) in [5.74, 6) is 2.27. The molecule has 0 N–H and O–H groups in total. The van der Waals surface area contributed by atoms with Gasteiger partial charge in [-0.05, 0) is 31.7 Å². The predicted octanol–water partition coefficient (Wildman–Crippen LogP) is 2.24. The van der Waals surface area contributed by atoms with Gasteiger partial charge in [0.2, 0.25) is 17.7 Å². The van der Waals surface area contributed by atoms with E-state index < -0.39 is 0 Å². The van der Waals surface area contributed by atoms with Crippen LogP contribution in [0.3, 0.4) is 0 Å². The molecule has 2 saturated heterocycles. The highest BCUT2D eigenvalue weighted by Crippen LogP contribution is 2.26. The summed E-state index contributed by atoms with van der Waals surface area (Å²) in [5.41, 5.74) is 0.435.